The van der Waals surface area contributed by atoms with Gasteiger partial charge in [-0.15, -0.1) is 0 Å². The van der Waals surface area contributed by atoms with Crippen LogP contribution in [-0.2, 0) is 4.79 Å². The van der Waals surface area contributed by atoms with Crippen molar-refractivity contribution in [2.75, 3.05) is 53.4 Å². The van der Waals surface area contributed by atoms with Crippen LogP contribution in [0.4, 0.5) is 0 Å². The first-order valence-electron chi connectivity index (χ1n) is 7.19. The Hall–Kier alpha value is -0.690. The molecule has 2 fully saturated rings. The van der Waals surface area contributed by atoms with Crippen molar-refractivity contribution in [2.24, 2.45) is 0 Å². The average molecular weight is 269 g/mol. The second kappa shape index (κ2) is 6.65. The highest BCUT2D eigenvalue weighted by molar-refractivity contribution is 5.82. The van der Waals surface area contributed by atoms with Gasteiger partial charge in [-0.3, -0.25) is 9.69 Å². The van der Waals surface area contributed by atoms with Crippen molar-refractivity contribution in [1.82, 2.24) is 25.8 Å². The van der Waals surface area contributed by atoms with E-state index in [9.17, 15) is 4.79 Å². The molecule has 19 heavy (non-hydrogen) atoms. The van der Waals surface area contributed by atoms with E-state index in [4.69, 9.17) is 0 Å². The summed E-state index contributed by atoms with van der Waals surface area (Å²) < 4.78 is 0. The van der Waals surface area contributed by atoms with Crippen molar-refractivity contribution in [3.05, 3.63) is 0 Å². The van der Waals surface area contributed by atoms with Gasteiger partial charge in [0.15, 0.2) is 0 Å². The molecule has 0 radical (unpaired) electrons. The molecule has 0 aromatic carbocycles. The van der Waals surface area contributed by atoms with Crippen LogP contribution in [-0.4, -0.2) is 87.2 Å². The summed E-state index contributed by atoms with van der Waals surface area (Å²) in [6.07, 6.45) is 0. The number of hydrogen-bond acceptors (Lipinski definition) is 5. The molecule has 0 aromatic heterocycles. The summed E-state index contributed by atoms with van der Waals surface area (Å²) in [5.74, 6) is 0.112. The normalized spacial score (nSPS) is 34.2. The third kappa shape index (κ3) is 4.14. The lowest BCUT2D eigenvalue weighted by Gasteiger charge is -2.38. The van der Waals surface area contributed by atoms with Gasteiger partial charge in [0, 0.05) is 51.4 Å². The van der Waals surface area contributed by atoms with Gasteiger partial charge in [0.05, 0.1) is 6.04 Å². The molecule has 6 nitrogen and oxygen atoms in total. The van der Waals surface area contributed by atoms with Crippen LogP contribution < -0.4 is 16.0 Å². The fraction of sp³-hybridized carbons (Fsp3) is 0.923. The molecular formula is C13H27N5O. The van der Waals surface area contributed by atoms with Gasteiger partial charge in [-0.2, -0.15) is 0 Å². The Labute approximate surface area is 115 Å². The summed E-state index contributed by atoms with van der Waals surface area (Å²) in [7, 11) is 4.27. The number of likely N-dealkylation sites (N-methyl/N-ethyl adjacent to an activating group) is 2. The summed E-state index contributed by atoms with van der Waals surface area (Å²) in [4.78, 5) is 16.7. The van der Waals surface area contributed by atoms with Gasteiger partial charge in [0.25, 0.3) is 0 Å². The van der Waals surface area contributed by atoms with Gasteiger partial charge >= 0.3 is 0 Å². The Balaban J connectivity index is 1.73. The quantitative estimate of drug-likeness (QED) is 0.570. The first-order chi connectivity index (χ1) is 9.06. The predicted octanol–water partition coefficient (Wildman–Crippen LogP) is -1.70. The summed E-state index contributed by atoms with van der Waals surface area (Å²) in [5.41, 5.74) is 0. The Morgan fingerprint density at radius 3 is 2.74 bits per heavy atom. The van der Waals surface area contributed by atoms with Crippen LogP contribution in [0, 0.1) is 0 Å². The zero-order chi connectivity index (χ0) is 13.8. The third-order valence-electron chi connectivity index (χ3n) is 4.15. The minimum absolute atomic E-state index is 0.0946. The van der Waals surface area contributed by atoms with Gasteiger partial charge in [-0.1, -0.05) is 0 Å². The Morgan fingerprint density at radius 2 is 2.05 bits per heavy atom. The van der Waals surface area contributed by atoms with Crippen LogP contribution in [0.2, 0.25) is 0 Å². The highest BCUT2D eigenvalue weighted by Gasteiger charge is 2.26. The van der Waals surface area contributed by atoms with Crippen molar-refractivity contribution in [2.45, 2.75) is 25.0 Å². The highest BCUT2D eigenvalue weighted by Crippen LogP contribution is 2.04. The van der Waals surface area contributed by atoms with E-state index in [-0.39, 0.29) is 11.9 Å². The molecule has 3 N–H and O–H groups in total. The minimum Gasteiger partial charge on any atom is -0.353 e. The largest absolute Gasteiger partial charge is 0.353 e. The van der Waals surface area contributed by atoms with E-state index in [0.717, 1.165) is 32.7 Å². The topological polar surface area (TPSA) is 59.6 Å². The van der Waals surface area contributed by atoms with Crippen LogP contribution in [0.3, 0.4) is 0 Å². The summed E-state index contributed by atoms with van der Waals surface area (Å²) in [6.45, 7) is 7.60. The lowest BCUT2D eigenvalue weighted by atomic mass is 10.1. The Bertz CT molecular complexity index is 303. The molecule has 6 heteroatoms. The zero-order valence-electron chi connectivity index (χ0n) is 12.3. The summed E-state index contributed by atoms with van der Waals surface area (Å²) in [5, 5.41) is 9.68. The lowest BCUT2D eigenvalue weighted by Crippen LogP contribution is -2.60. The number of carbonyl (C=O) groups excluding carboxylic acids is 1. The van der Waals surface area contributed by atoms with Crippen molar-refractivity contribution in [3.63, 3.8) is 0 Å². The van der Waals surface area contributed by atoms with Crippen LogP contribution in [0.5, 0.6) is 0 Å². The number of rotatable bonds is 3. The molecule has 2 aliphatic rings. The van der Waals surface area contributed by atoms with Gasteiger partial charge < -0.3 is 20.9 Å². The van der Waals surface area contributed by atoms with Crippen LogP contribution in [0.25, 0.3) is 0 Å². The second-order valence-electron chi connectivity index (χ2n) is 5.91. The van der Waals surface area contributed by atoms with Gasteiger partial charge in [0.1, 0.15) is 0 Å². The van der Waals surface area contributed by atoms with Gasteiger partial charge in [0.2, 0.25) is 5.91 Å². The van der Waals surface area contributed by atoms with E-state index in [2.05, 4.69) is 46.8 Å². The maximum Gasteiger partial charge on any atom is 0.238 e. The fourth-order valence-corrected chi connectivity index (χ4v) is 2.63. The zero-order valence-corrected chi connectivity index (χ0v) is 12.3. The van der Waals surface area contributed by atoms with Crippen molar-refractivity contribution in [3.8, 4) is 0 Å². The van der Waals surface area contributed by atoms with E-state index in [1.165, 1.54) is 0 Å². The van der Waals surface area contributed by atoms with Crippen molar-refractivity contribution in [1.29, 1.82) is 0 Å². The van der Waals surface area contributed by atoms with E-state index < -0.39 is 0 Å². The molecule has 110 valence electrons. The maximum atomic E-state index is 12.1. The smallest absolute Gasteiger partial charge is 0.238 e. The molecular weight excluding hydrogens is 242 g/mol. The number of carbonyl (C=O) groups is 1. The molecule has 1 amide bonds. The van der Waals surface area contributed by atoms with E-state index in [0.29, 0.717) is 18.6 Å². The molecule has 2 rings (SSSR count). The molecule has 3 atom stereocenters. The minimum atomic E-state index is -0.0946. The molecule has 0 saturated carbocycles. The summed E-state index contributed by atoms with van der Waals surface area (Å²) in [6, 6.07) is 0.767. The van der Waals surface area contributed by atoms with Crippen molar-refractivity contribution >= 4 is 5.91 Å². The van der Waals surface area contributed by atoms with E-state index in [1.807, 2.05) is 0 Å². The molecule has 3 unspecified atom stereocenters. The maximum absolute atomic E-state index is 12.1. The molecule has 0 aromatic rings. The fourth-order valence-electron chi connectivity index (χ4n) is 2.63. The second-order valence-corrected chi connectivity index (χ2v) is 5.91. The first kappa shape index (κ1) is 14.7. The van der Waals surface area contributed by atoms with Crippen LogP contribution in [0.15, 0.2) is 0 Å². The van der Waals surface area contributed by atoms with E-state index in [1.54, 1.807) is 0 Å². The predicted molar refractivity (Wildman–Crippen MR) is 76.2 cm³/mol. The molecule has 0 aliphatic carbocycles. The standard InChI is InChI=1S/C13H27N5O/c1-10-6-15-12(8-14-10)13(19)16-7-11-9-17(2)4-5-18(11)3/h10-12,14-15H,4-9H2,1-3H3,(H,16,19). The third-order valence-corrected chi connectivity index (χ3v) is 4.15. The average Bonchev–Trinajstić information content (AvgIpc) is 2.40. The Morgan fingerprint density at radius 1 is 1.26 bits per heavy atom. The number of piperazine rings is 2. The lowest BCUT2D eigenvalue weighted by molar-refractivity contribution is -0.123. The number of nitrogens with one attached hydrogen (secondary N) is 3. The van der Waals surface area contributed by atoms with Crippen molar-refractivity contribution < 1.29 is 4.79 Å². The summed E-state index contributed by atoms with van der Waals surface area (Å²) >= 11 is 0. The van der Waals surface area contributed by atoms with Crippen LogP contribution in [0.1, 0.15) is 6.92 Å². The number of amides is 1. The van der Waals surface area contributed by atoms with Gasteiger partial charge in [-0.25, -0.2) is 0 Å². The molecule has 2 heterocycles. The first-order valence-corrected chi connectivity index (χ1v) is 7.19. The molecule has 2 aliphatic heterocycles. The monoisotopic (exact) mass is 269 g/mol. The van der Waals surface area contributed by atoms with Gasteiger partial charge in [-0.05, 0) is 21.0 Å². The van der Waals surface area contributed by atoms with E-state index >= 15 is 0 Å². The number of hydrogen-bond donors (Lipinski definition) is 3. The molecule has 0 spiro atoms. The number of nitrogens with zero attached hydrogens (tertiary/aromatic N) is 2. The molecule has 0 bridgehead atoms. The SMILES string of the molecule is CC1CNC(C(=O)NCC2CN(C)CCN2C)CN1. The molecule has 2 saturated heterocycles. The Kier molecular flexibility index (Phi) is 5.15. The van der Waals surface area contributed by atoms with Crippen LogP contribution >= 0.6 is 0 Å². The highest BCUT2D eigenvalue weighted by atomic mass is 16.2.